The van der Waals surface area contributed by atoms with Crippen LogP contribution in [0.2, 0.25) is 0 Å². The number of fused-ring (bicyclic) bond motifs is 1. The highest BCUT2D eigenvalue weighted by molar-refractivity contribution is 5.68. The number of benzene rings is 2. The normalized spacial score (nSPS) is 12.2. The summed E-state index contributed by atoms with van der Waals surface area (Å²) >= 11 is 0. The maximum Gasteiger partial charge on any atom is 0.303 e. The van der Waals surface area contributed by atoms with Gasteiger partial charge in [-0.2, -0.15) is 0 Å². The first-order valence-electron chi connectivity index (χ1n) is 12.9. The number of aliphatic carboxylic acids is 2. The minimum Gasteiger partial charge on any atom is -0.492 e. The number of imidazole rings is 1. The standard InChI is InChI=1S/C23H24FN5O.C6H10O4/c1-15(25)14-30-20-8-6-17(7-9-20)21-13-26-23-11-10-22(28-29(21)23)27-16(2)18-4-3-5-19(24)12-18;7-5(8)3-1-2-4-6(9)10/h3-13,15-16H,14,25H2,1-2H3,(H,27,28);1-4H2,(H,7,8)(H,9,10)/t15-,16-;/m0./s1. The summed E-state index contributed by atoms with van der Waals surface area (Å²) in [6.07, 6.45) is 2.81. The van der Waals surface area contributed by atoms with Crippen molar-refractivity contribution in [1.29, 1.82) is 0 Å². The van der Waals surface area contributed by atoms with Crippen molar-refractivity contribution in [3.63, 3.8) is 0 Å². The van der Waals surface area contributed by atoms with Gasteiger partial charge in [0.1, 0.15) is 24.0 Å². The molecule has 0 radical (unpaired) electrons. The average Bonchev–Trinajstić information content (AvgIpc) is 3.34. The van der Waals surface area contributed by atoms with Crippen molar-refractivity contribution in [2.75, 3.05) is 11.9 Å². The van der Waals surface area contributed by atoms with E-state index in [0.717, 1.165) is 28.2 Å². The van der Waals surface area contributed by atoms with Gasteiger partial charge in [-0.05, 0) is 80.8 Å². The third-order valence-electron chi connectivity index (χ3n) is 5.77. The van der Waals surface area contributed by atoms with E-state index < -0.39 is 11.9 Å². The summed E-state index contributed by atoms with van der Waals surface area (Å²) in [7, 11) is 0. The molecule has 0 aliphatic carbocycles. The summed E-state index contributed by atoms with van der Waals surface area (Å²) in [5.74, 6) is -0.551. The lowest BCUT2D eigenvalue weighted by Gasteiger charge is -2.15. The number of hydrogen-bond acceptors (Lipinski definition) is 7. The van der Waals surface area contributed by atoms with Gasteiger partial charge < -0.3 is 26.0 Å². The number of rotatable bonds is 12. The van der Waals surface area contributed by atoms with Gasteiger partial charge in [0, 0.05) is 24.4 Å². The number of nitrogens with two attached hydrogens (primary N) is 1. The number of carboxylic acid groups (broad SMARTS) is 2. The molecule has 0 spiro atoms. The van der Waals surface area contributed by atoms with E-state index in [9.17, 15) is 14.0 Å². The second-order valence-electron chi connectivity index (χ2n) is 9.36. The maximum absolute atomic E-state index is 13.5. The Morgan fingerprint density at radius 2 is 1.70 bits per heavy atom. The number of unbranched alkanes of at least 4 members (excludes halogenated alkanes) is 1. The van der Waals surface area contributed by atoms with Crippen LogP contribution in [0.5, 0.6) is 5.75 Å². The van der Waals surface area contributed by atoms with E-state index in [-0.39, 0.29) is 30.7 Å². The van der Waals surface area contributed by atoms with E-state index in [0.29, 0.717) is 25.3 Å². The van der Waals surface area contributed by atoms with Crippen molar-refractivity contribution in [3.8, 4) is 17.0 Å². The highest BCUT2D eigenvalue weighted by atomic mass is 19.1. The Hall–Kier alpha value is -4.51. The molecule has 0 aliphatic rings. The van der Waals surface area contributed by atoms with E-state index in [4.69, 9.17) is 20.7 Å². The van der Waals surface area contributed by atoms with Crippen molar-refractivity contribution >= 4 is 23.4 Å². The molecule has 0 bridgehead atoms. The quantitative estimate of drug-likeness (QED) is 0.175. The number of carboxylic acids is 2. The van der Waals surface area contributed by atoms with Gasteiger partial charge >= 0.3 is 11.9 Å². The molecule has 0 saturated carbocycles. The minimum absolute atomic E-state index is 0.0201. The Balaban J connectivity index is 0.000000378. The monoisotopic (exact) mass is 551 g/mol. The van der Waals surface area contributed by atoms with Gasteiger partial charge in [-0.15, -0.1) is 5.10 Å². The number of anilines is 1. The molecule has 2 aromatic heterocycles. The second kappa shape index (κ2) is 14.6. The van der Waals surface area contributed by atoms with E-state index >= 15 is 0 Å². The molecule has 11 heteroatoms. The number of nitrogens with zero attached hydrogens (tertiary/aromatic N) is 3. The summed E-state index contributed by atoms with van der Waals surface area (Å²) in [6, 6.07) is 18.0. The molecular weight excluding hydrogens is 517 g/mol. The van der Waals surface area contributed by atoms with Crippen LogP contribution in [-0.4, -0.2) is 49.4 Å². The van der Waals surface area contributed by atoms with Crippen LogP contribution in [0, 0.1) is 5.82 Å². The van der Waals surface area contributed by atoms with Crippen LogP contribution in [-0.2, 0) is 9.59 Å². The van der Waals surface area contributed by atoms with Crippen LogP contribution in [0.4, 0.5) is 10.2 Å². The van der Waals surface area contributed by atoms with Crippen molar-refractivity contribution in [2.45, 2.75) is 51.6 Å². The van der Waals surface area contributed by atoms with Gasteiger partial charge in [-0.1, -0.05) is 12.1 Å². The molecule has 0 aliphatic heterocycles. The summed E-state index contributed by atoms with van der Waals surface area (Å²) in [5.41, 5.74) is 9.16. The smallest absolute Gasteiger partial charge is 0.303 e. The zero-order chi connectivity index (χ0) is 29.1. The van der Waals surface area contributed by atoms with Crippen molar-refractivity contribution < 1.29 is 28.9 Å². The first-order chi connectivity index (χ1) is 19.1. The fraction of sp³-hybridized carbons (Fsp3) is 0.310. The first-order valence-corrected chi connectivity index (χ1v) is 12.9. The number of hydrogen-bond donors (Lipinski definition) is 4. The highest BCUT2D eigenvalue weighted by Gasteiger charge is 2.11. The zero-order valence-electron chi connectivity index (χ0n) is 22.5. The van der Waals surface area contributed by atoms with Crippen molar-refractivity contribution in [1.82, 2.24) is 14.6 Å². The number of aromatic nitrogens is 3. The lowest BCUT2D eigenvalue weighted by atomic mass is 10.1. The SMILES string of the molecule is C[C@H](N)COc1ccc(-c2cnc3ccc(N[C@@H](C)c4cccc(F)c4)nn23)cc1.O=C(O)CCCCC(=O)O. The van der Waals surface area contributed by atoms with E-state index in [1.807, 2.05) is 56.3 Å². The molecule has 10 nitrogen and oxygen atoms in total. The third kappa shape index (κ3) is 9.35. The number of nitrogens with one attached hydrogen (secondary N) is 1. The first kappa shape index (κ1) is 30.0. The molecule has 2 heterocycles. The van der Waals surface area contributed by atoms with Crippen molar-refractivity contribution in [3.05, 3.63) is 78.2 Å². The number of carbonyl (C=O) groups is 2. The van der Waals surface area contributed by atoms with E-state index in [2.05, 4.69) is 15.4 Å². The molecule has 4 rings (SSSR count). The van der Waals surface area contributed by atoms with Crippen LogP contribution < -0.4 is 15.8 Å². The Morgan fingerprint density at radius 1 is 1.02 bits per heavy atom. The fourth-order valence-electron chi connectivity index (χ4n) is 3.73. The Morgan fingerprint density at radius 3 is 2.30 bits per heavy atom. The topological polar surface area (TPSA) is 152 Å². The van der Waals surface area contributed by atoms with Gasteiger partial charge in [-0.25, -0.2) is 13.9 Å². The van der Waals surface area contributed by atoms with E-state index in [1.54, 1.807) is 16.8 Å². The van der Waals surface area contributed by atoms with Gasteiger partial charge in [-0.3, -0.25) is 9.59 Å². The molecule has 5 N–H and O–H groups in total. The molecule has 2 aromatic carbocycles. The Labute approximate surface area is 231 Å². The van der Waals surface area contributed by atoms with Gasteiger partial charge in [0.15, 0.2) is 5.65 Å². The lowest BCUT2D eigenvalue weighted by Crippen LogP contribution is -2.23. The molecular formula is C29H34FN5O5. The van der Waals surface area contributed by atoms with Crippen molar-refractivity contribution in [2.24, 2.45) is 5.73 Å². The molecule has 0 unspecified atom stereocenters. The third-order valence-corrected chi connectivity index (χ3v) is 5.77. The Bertz CT molecular complexity index is 1390. The zero-order valence-corrected chi connectivity index (χ0v) is 22.5. The van der Waals surface area contributed by atoms with Crippen LogP contribution in [0.25, 0.3) is 16.9 Å². The molecule has 212 valence electrons. The van der Waals surface area contributed by atoms with Crippen LogP contribution in [0.1, 0.15) is 51.1 Å². The summed E-state index contributed by atoms with van der Waals surface area (Å²) < 4.78 is 20.9. The summed E-state index contributed by atoms with van der Waals surface area (Å²) in [5, 5.41) is 24.3. The van der Waals surface area contributed by atoms with Crippen LogP contribution in [0.15, 0.2) is 66.9 Å². The maximum atomic E-state index is 13.5. The fourth-order valence-corrected chi connectivity index (χ4v) is 3.73. The average molecular weight is 552 g/mol. The molecule has 0 fully saturated rings. The second-order valence-corrected chi connectivity index (χ2v) is 9.36. The lowest BCUT2D eigenvalue weighted by molar-refractivity contribution is -0.139. The summed E-state index contributed by atoms with van der Waals surface area (Å²) in [6.45, 7) is 4.34. The molecule has 0 saturated heterocycles. The Kier molecular flexibility index (Phi) is 11.0. The van der Waals surface area contributed by atoms with Gasteiger partial charge in [0.2, 0.25) is 0 Å². The predicted octanol–water partition coefficient (Wildman–Crippen LogP) is 5.15. The highest BCUT2D eigenvalue weighted by Crippen LogP contribution is 2.25. The molecule has 0 amide bonds. The largest absolute Gasteiger partial charge is 0.492 e. The van der Waals surface area contributed by atoms with Gasteiger partial charge in [0.25, 0.3) is 0 Å². The van der Waals surface area contributed by atoms with E-state index in [1.165, 1.54) is 12.1 Å². The molecule has 40 heavy (non-hydrogen) atoms. The predicted molar refractivity (Wildman–Crippen MR) is 150 cm³/mol. The minimum atomic E-state index is -0.870. The number of halogens is 1. The summed E-state index contributed by atoms with van der Waals surface area (Å²) in [4.78, 5) is 24.2. The van der Waals surface area contributed by atoms with Crippen LogP contribution >= 0.6 is 0 Å². The molecule has 2 atom stereocenters. The number of ether oxygens (including phenoxy) is 1. The van der Waals surface area contributed by atoms with Gasteiger partial charge in [0.05, 0.1) is 17.9 Å². The van der Waals surface area contributed by atoms with Crippen LogP contribution in [0.3, 0.4) is 0 Å². The molecule has 4 aromatic rings.